The first kappa shape index (κ1) is 24.8. The van der Waals surface area contributed by atoms with Crippen LogP contribution in [0.5, 0.6) is 0 Å². The van der Waals surface area contributed by atoms with E-state index in [9.17, 15) is 9.59 Å². The van der Waals surface area contributed by atoms with Crippen LogP contribution in [-0.2, 0) is 16.0 Å². The van der Waals surface area contributed by atoms with E-state index in [4.69, 9.17) is 0 Å². The van der Waals surface area contributed by atoms with Crippen molar-refractivity contribution in [3.8, 4) is 0 Å². The van der Waals surface area contributed by atoms with Gasteiger partial charge in [0, 0.05) is 26.2 Å². The molecule has 2 aliphatic rings. The first-order valence-electron chi connectivity index (χ1n) is 12.7. The molecule has 0 spiro atoms. The van der Waals surface area contributed by atoms with E-state index in [2.05, 4.69) is 63.3 Å². The molecule has 2 amide bonds. The quantitative estimate of drug-likeness (QED) is 0.627. The van der Waals surface area contributed by atoms with Crippen molar-refractivity contribution in [3.05, 3.63) is 35.9 Å². The molecule has 32 heavy (non-hydrogen) atoms. The Balaban J connectivity index is 1.58. The highest BCUT2D eigenvalue weighted by molar-refractivity contribution is 5.90. The first-order chi connectivity index (χ1) is 15.3. The van der Waals surface area contributed by atoms with Gasteiger partial charge in [0.25, 0.3) is 0 Å². The first-order valence-corrected chi connectivity index (χ1v) is 12.7. The van der Waals surface area contributed by atoms with E-state index in [1.54, 1.807) is 0 Å². The number of carbonyl (C=O) groups excluding carboxylic acids is 2. The number of nitrogens with one attached hydrogen (secondary N) is 1. The van der Waals surface area contributed by atoms with Gasteiger partial charge in [-0.3, -0.25) is 9.59 Å². The van der Waals surface area contributed by atoms with Gasteiger partial charge in [-0.2, -0.15) is 0 Å². The van der Waals surface area contributed by atoms with Gasteiger partial charge in [-0.25, -0.2) is 0 Å². The second-order valence-electron chi connectivity index (χ2n) is 10.6. The van der Waals surface area contributed by atoms with Gasteiger partial charge < -0.3 is 15.1 Å². The Morgan fingerprint density at radius 3 is 2.34 bits per heavy atom. The van der Waals surface area contributed by atoms with Crippen LogP contribution in [0.25, 0.3) is 0 Å². The Hall–Kier alpha value is -1.88. The third-order valence-corrected chi connectivity index (χ3v) is 7.00. The Morgan fingerprint density at radius 2 is 1.72 bits per heavy atom. The highest BCUT2D eigenvalue weighted by Gasteiger charge is 2.39. The highest BCUT2D eigenvalue weighted by Crippen LogP contribution is 2.25. The van der Waals surface area contributed by atoms with Crippen molar-refractivity contribution in [2.75, 3.05) is 26.2 Å². The van der Waals surface area contributed by atoms with Gasteiger partial charge in [0.05, 0.1) is 6.04 Å². The van der Waals surface area contributed by atoms with Crippen molar-refractivity contribution in [3.63, 3.8) is 0 Å². The summed E-state index contributed by atoms with van der Waals surface area (Å²) in [7, 11) is 0. The topological polar surface area (TPSA) is 52.7 Å². The molecule has 0 bridgehead atoms. The Kier molecular flexibility index (Phi) is 9.15. The monoisotopic (exact) mass is 441 g/mol. The van der Waals surface area contributed by atoms with Crippen molar-refractivity contribution < 1.29 is 9.59 Å². The van der Waals surface area contributed by atoms with Gasteiger partial charge in [-0.15, -0.1) is 0 Å². The molecule has 1 N–H and O–H groups in total. The molecular formula is C27H43N3O2. The minimum atomic E-state index is -0.319. The Morgan fingerprint density at radius 1 is 1.03 bits per heavy atom. The number of piperazine rings is 1. The molecular weight excluding hydrogens is 398 g/mol. The number of carbonyl (C=O) groups is 2. The summed E-state index contributed by atoms with van der Waals surface area (Å²) in [6.07, 6.45) is 6.01. The molecule has 1 aromatic carbocycles. The maximum Gasteiger partial charge on any atom is 0.245 e. The predicted molar refractivity (Wildman–Crippen MR) is 130 cm³/mol. The summed E-state index contributed by atoms with van der Waals surface area (Å²) < 4.78 is 0. The third kappa shape index (κ3) is 6.81. The zero-order valence-electron chi connectivity index (χ0n) is 20.6. The van der Waals surface area contributed by atoms with Gasteiger partial charge in [-0.05, 0) is 61.8 Å². The summed E-state index contributed by atoms with van der Waals surface area (Å²) in [6.45, 7) is 11.6. The predicted octanol–water partition coefficient (Wildman–Crippen LogP) is 4.12. The maximum atomic E-state index is 13.6. The summed E-state index contributed by atoms with van der Waals surface area (Å²) in [5.74, 6) is 1.78. The lowest BCUT2D eigenvalue weighted by molar-refractivity contribution is -0.150. The van der Waals surface area contributed by atoms with Gasteiger partial charge in [-0.1, -0.05) is 58.0 Å². The largest absolute Gasteiger partial charge is 0.341 e. The van der Waals surface area contributed by atoms with Gasteiger partial charge in [0.15, 0.2) is 0 Å². The normalized spacial score (nSPS) is 21.4. The molecule has 3 rings (SSSR count). The van der Waals surface area contributed by atoms with Crippen LogP contribution in [0.4, 0.5) is 0 Å². The number of rotatable bonds is 9. The van der Waals surface area contributed by atoms with Crippen LogP contribution in [0, 0.1) is 17.8 Å². The molecule has 5 heteroatoms. The summed E-state index contributed by atoms with van der Waals surface area (Å²) in [6, 6.07) is 10.2. The fraction of sp³-hybridized carbons (Fsp3) is 0.704. The lowest BCUT2D eigenvalue weighted by Crippen LogP contribution is -2.62. The number of piperidine rings is 1. The van der Waals surface area contributed by atoms with Crippen molar-refractivity contribution in [1.82, 2.24) is 15.1 Å². The van der Waals surface area contributed by atoms with Crippen molar-refractivity contribution >= 4 is 11.8 Å². The third-order valence-electron chi connectivity index (χ3n) is 7.00. The molecule has 2 saturated heterocycles. The van der Waals surface area contributed by atoms with Crippen LogP contribution < -0.4 is 5.32 Å². The van der Waals surface area contributed by atoms with Crippen LogP contribution >= 0.6 is 0 Å². The second kappa shape index (κ2) is 11.8. The Labute approximate surface area is 194 Å². The molecule has 1 unspecified atom stereocenters. The standard InChI is InChI=1S/C27H43N3O2/c1-20(2)18-24-26(31)30(17-14-28-24)25(19-21(3)4)27(32)29-15-12-23(13-16-29)11-10-22-8-6-5-7-9-22/h5-9,20-21,23-25,28H,10-19H2,1-4H3/t24-,25?/m0/s1. The number of hydrogen-bond acceptors (Lipinski definition) is 3. The van der Waals surface area contributed by atoms with E-state index < -0.39 is 0 Å². The van der Waals surface area contributed by atoms with Gasteiger partial charge in [0.1, 0.15) is 6.04 Å². The maximum absolute atomic E-state index is 13.6. The number of hydrogen-bond donors (Lipinski definition) is 1. The fourth-order valence-corrected chi connectivity index (χ4v) is 5.20. The molecule has 1 aromatic rings. The van der Waals surface area contributed by atoms with E-state index in [0.29, 0.717) is 24.3 Å². The SMILES string of the molecule is CC(C)CC(C(=O)N1CCC(CCc2ccccc2)CC1)N1CCN[C@@H](CC(C)C)C1=O. The second-order valence-corrected chi connectivity index (χ2v) is 10.6. The molecule has 2 fully saturated rings. The summed E-state index contributed by atoms with van der Waals surface area (Å²) in [4.78, 5) is 30.8. The number of nitrogens with zero attached hydrogens (tertiary/aromatic N) is 2. The van der Waals surface area contributed by atoms with E-state index >= 15 is 0 Å². The highest BCUT2D eigenvalue weighted by atomic mass is 16.2. The van der Waals surface area contributed by atoms with Crippen molar-refractivity contribution in [2.45, 2.75) is 78.3 Å². The molecule has 2 heterocycles. The van der Waals surface area contributed by atoms with E-state index in [1.165, 1.54) is 12.0 Å². The smallest absolute Gasteiger partial charge is 0.245 e. The van der Waals surface area contributed by atoms with Crippen molar-refractivity contribution in [2.24, 2.45) is 17.8 Å². The molecule has 0 aromatic heterocycles. The number of aryl methyl sites for hydroxylation is 1. The molecule has 2 aliphatic heterocycles. The van der Waals surface area contributed by atoms with Gasteiger partial charge in [0.2, 0.25) is 11.8 Å². The minimum Gasteiger partial charge on any atom is -0.341 e. The number of benzene rings is 1. The molecule has 0 radical (unpaired) electrons. The summed E-state index contributed by atoms with van der Waals surface area (Å²) >= 11 is 0. The summed E-state index contributed by atoms with van der Waals surface area (Å²) in [5, 5.41) is 3.37. The van der Waals surface area contributed by atoms with Crippen LogP contribution in [0.15, 0.2) is 30.3 Å². The molecule has 0 aliphatic carbocycles. The number of likely N-dealkylation sites (tertiary alicyclic amines) is 1. The molecule has 0 saturated carbocycles. The molecule has 2 atom stereocenters. The zero-order chi connectivity index (χ0) is 23.1. The lowest BCUT2D eigenvalue weighted by atomic mass is 9.89. The van der Waals surface area contributed by atoms with Crippen molar-refractivity contribution in [1.29, 1.82) is 0 Å². The number of amides is 2. The molecule has 178 valence electrons. The average molecular weight is 442 g/mol. The zero-order valence-corrected chi connectivity index (χ0v) is 20.6. The van der Waals surface area contributed by atoms with Gasteiger partial charge >= 0.3 is 0 Å². The van der Waals surface area contributed by atoms with E-state index in [-0.39, 0.29) is 23.9 Å². The van der Waals surface area contributed by atoms with Crippen LogP contribution in [0.1, 0.15) is 65.4 Å². The lowest BCUT2D eigenvalue weighted by Gasteiger charge is -2.42. The summed E-state index contributed by atoms with van der Waals surface area (Å²) in [5.41, 5.74) is 1.40. The molecule has 5 nitrogen and oxygen atoms in total. The minimum absolute atomic E-state index is 0.113. The van der Waals surface area contributed by atoms with E-state index in [1.807, 2.05) is 9.80 Å². The van der Waals surface area contributed by atoms with E-state index in [0.717, 1.165) is 51.7 Å². The fourth-order valence-electron chi connectivity index (χ4n) is 5.20. The van der Waals surface area contributed by atoms with Crippen LogP contribution in [0.3, 0.4) is 0 Å². The Bertz CT molecular complexity index is 726. The van der Waals surface area contributed by atoms with Crippen LogP contribution in [-0.4, -0.2) is 59.9 Å². The average Bonchev–Trinajstić information content (AvgIpc) is 2.78. The van der Waals surface area contributed by atoms with Crippen LogP contribution in [0.2, 0.25) is 0 Å².